The van der Waals surface area contributed by atoms with Gasteiger partial charge in [0, 0.05) is 35.6 Å². The number of nitro groups is 1. The number of methoxy groups -OCH3 is 1. The third kappa shape index (κ3) is 6.86. The van der Waals surface area contributed by atoms with Crippen LogP contribution >= 0.6 is 0 Å². The zero-order valence-corrected chi connectivity index (χ0v) is 24.3. The van der Waals surface area contributed by atoms with E-state index in [9.17, 15) is 25.0 Å². The van der Waals surface area contributed by atoms with Crippen molar-refractivity contribution in [1.29, 1.82) is 5.26 Å². The first-order valence-corrected chi connectivity index (χ1v) is 14.2. The van der Waals surface area contributed by atoms with Gasteiger partial charge in [0.25, 0.3) is 5.69 Å². The summed E-state index contributed by atoms with van der Waals surface area (Å²) in [7, 11) is 1.28. The number of dihydropyridines is 1. The second kappa shape index (κ2) is 13.9. The molecule has 2 aliphatic rings. The van der Waals surface area contributed by atoms with Crippen molar-refractivity contribution in [2.75, 3.05) is 33.3 Å². The first-order valence-electron chi connectivity index (χ1n) is 14.2. The van der Waals surface area contributed by atoms with Crippen LogP contribution in [-0.4, -0.2) is 55.0 Å². The SMILES string of the molecule is COC(=O)C1=C(C)NC(C)=C(C(=O)NCCCN2CCC(C(C#N)c3ccccc3)CC2)[C@@H]1c1ccc([N+](=O)[O-])cc1. The number of ether oxygens (including phenoxy) is 1. The Morgan fingerprint density at radius 2 is 1.74 bits per heavy atom. The number of non-ortho nitro benzene ring substituents is 1. The molecule has 2 heterocycles. The Bertz CT molecular complexity index is 1400. The van der Waals surface area contributed by atoms with Crippen LogP contribution in [0.2, 0.25) is 0 Å². The van der Waals surface area contributed by atoms with Gasteiger partial charge in [0.2, 0.25) is 5.91 Å². The summed E-state index contributed by atoms with van der Waals surface area (Å²) < 4.78 is 5.03. The molecule has 10 heteroatoms. The second-order valence-corrected chi connectivity index (χ2v) is 10.8. The molecule has 220 valence electrons. The molecule has 1 fully saturated rings. The zero-order valence-electron chi connectivity index (χ0n) is 24.3. The zero-order chi connectivity index (χ0) is 30.2. The van der Waals surface area contributed by atoms with Gasteiger partial charge in [-0.1, -0.05) is 42.5 Å². The number of rotatable bonds is 10. The number of carbonyl (C=O) groups is 2. The fourth-order valence-corrected chi connectivity index (χ4v) is 6.02. The number of esters is 1. The van der Waals surface area contributed by atoms with Crippen LogP contribution in [0.15, 0.2) is 77.1 Å². The highest BCUT2D eigenvalue weighted by atomic mass is 16.6. The van der Waals surface area contributed by atoms with Crippen LogP contribution in [0.25, 0.3) is 0 Å². The van der Waals surface area contributed by atoms with Crippen molar-refractivity contribution in [1.82, 2.24) is 15.5 Å². The highest BCUT2D eigenvalue weighted by molar-refractivity contribution is 6.02. The van der Waals surface area contributed by atoms with E-state index in [2.05, 4.69) is 21.6 Å². The van der Waals surface area contributed by atoms with Crippen molar-refractivity contribution in [3.63, 3.8) is 0 Å². The minimum absolute atomic E-state index is 0.0769. The first kappa shape index (κ1) is 30.5. The molecule has 2 aliphatic heterocycles. The highest BCUT2D eigenvalue weighted by Crippen LogP contribution is 2.39. The maximum atomic E-state index is 13.5. The molecule has 0 bridgehead atoms. The number of allylic oxidation sites excluding steroid dienone is 2. The Balaban J connectivity index is 1.37. The lowest BCUT2D eigenvalue weighted by Gasteiger charge is -2.34. The molecule has 2 aromatic carbocycles. The minimum Gasteiger partial charge on any atom is -0.466 e. The van der Waals surface area contributed by atoms with Crippen LogP contribution in [0.5, 0.6) is 0 Å². The lowest BCUT2D eigenvalue weighted by Crippen LogP contribution is -2.39. The van der Waals surface area contributed by atoms with Crippen LogP contribution in [0.1, 0.15) is 56.1 Å². The predicted molar refractivity (Wildman–Crippen MR) is 158 cm³/mol. The third-order valence-corrected chi connectivity index (χ3v) is 8.19. The number of nitriles is 1. The van der Waals surface area contributed by atoms with Crippen LogP contribution in [-0.2, 0) is 14.3 Å². The first-order chi connectivity index (χ1) is 20.2. The summed E-state index contributed by atoms with van der Waals surface area (Å²) in [6.07, 6.45) is 2.66. The van der Waals surface area contributed by atoms with Crippen molar-refractivity contribution in [3.8, 4) is 6.07 Å². The number of benzene rings is 2. The number of amides is 1. The maximum Gasteiger partial charge on any atom is 0.336 e. The van der Waals surface area contributed by atoms with E-state index in [1.807, 2.05) is 30.3 Å². The van der Waals surface area contributed by atoms with E-state index in [4.69, 9.17) is 4.74 Å². The molecule has 0 aliphatic carbocycles. The molecule has 42 heavy (non-hydrogen) atoms. The summed E-state index contributed by atoms with van der Waals surface area (Å²) in [5, 5.41) is 27.1. The molecule has 1 amide bonds. The molecule has 2 atom stereocenters. The Kier molecular flexibility index (Phi) is 10.1. The van der Waals surface area contributed by atoms with Gasteiger partial charge in [-0.3, -0.25) is 14.9 Å². The number of hydrogen-bond donors (Lipinski definition) is 2. The molecule has 1 unspecified atom stereocenters. The predicted octanol–water partition coefficient (Wildman–Crippen LogP) is 4.53. The fraction of sp³-hybridized carbons (Fsp3) is 0.406. The van der Waals surface area contributed by atoms with E-state index in [-0.39, 0.29) is 23.1 Å². The van der Waals surface area contributed by atoms with Gasteiger partial charge in [-0.25, -0.2) is 4.79 Å². The minimum atomic E-state index is -0.740. The standard InChI is InChI=1S/C32H37N5O5/c1-21-28(30(29(22(2)35-21)32(39)42-3)25-10-12-26(13-11-25)37(40)41)31(38)34-16-7-17-36-18-14-24(15-19-36)27(20-33)23-8-5-4-6-9-23/h4-6,8-13,24,27,30,35H,7,14-19H2,1-3H3,(H,34,38)/t27?,30-/m0/s1. The molecular formula is C32H37N5O5. The van der Waals surface area contributed by atoms with E-state index in [1.165, 1.54) is 19.2 Å². The van der Waals surface area contributed by atoms with E-state index >= 15 is 0 Å². The van der Waals surface area contributed by atoms with Crippen LogP contribution in [0.4, 0.5) is 5.69 Å². The Labute approximate surface area is 246 Å². The number of nitro benzene ring substituents is 1. The van der Waals surface area contributed by atoms with Gasteiger partial charge in [-0.05, 0) is 69.8 Å². The quantitative estimate of drug-likeness (QED) is 0.184. The largest absolute Gasteiger partial charge is 0.466 e. The lowest BCUT2D eigenvalue weighted by atomic mass is 9.80. The van der Waals surface area contributed by atoms with Crippen molar-refractivity contribution in [3.05, 3.63) is 98.4 Å². The summed E-state index contributed by atoms with van der Waals surface area (Å²) >= 11 is 0. The summed E-state index contributed by atoms with van der Waals surface area (Å²) in [6.45, 7) is 6.61. The van der Waals surface area contributed by atoms with Gasteiger partial charge in [-0.2, -0.15) is 5.26 Å². The van der Waals surface area contributed by atoms with Crippen LogP contribution < -0.4 is 10.6 Å². The average Bonchev–Trinajstić information content (AvgIpc) is 3.00. The molecule has 1 saturated heterocycles. The summed E-state index contributed by atoms with van der Waals surface area (Å²) in [5.41, 5.74) is 3.42. The van der Waals surface area contributed by atoms with Gasteiger partial charge in [0.05, 0.1) is 35.5 Å². The smallest absolute Gasteiger partial charge is 0.336 e. The Morgan fingerprint density at radius 1 is 1.10 bits per heavy atom. The van der Waals surface area contributed by atoms with Crippen molar-refractivity contribution < 1.29 is 19.2 Å². The topological polar surface area (TPSA) is 138 Å². The molecule has 0 radical (unpaired) electrons. The summed E-state index contributed by atoms with van der Waals surface area (Å²) in [6, 6.07) is 18.4. The third-order valence-electron chi connectivity index (χ3n) is 8.19. The van der Waals surface area contributed by atoms with Crippen LogP contribution in [0, 0.1) is 27.4 Å². The summed E-state index contributed by atoms with van der Waals surface area (Å²) in [5.74, 6) is -1.38. The lowest BCUT2D eigenvalue weighted by molar-refractivity contribution is -0.384. The number of hydrogen-bond acceptors (Lipinski definition) is 8. The van der Waals surface area contributed by atoms with E-state index in [1.54, 1.807) is 26.0 Å². The maximum absolute atomic E-state index is 13.5. The van der Waals surface area contributed by atoms with Gasteiger partial charge >= 0.3 is 5.97 Å². The Morgan fingerprint density at radius 3 is 2.33 bits per heavy atom. The van der Waals surface area contributed by atoms with Gasteiger partial charge in [0.15, 0.2) is 0 Å². The van der Waals surface area contributed by atoms with Gasteiger partial charge in [0.1, 0.15) is 0 Å². The van der Waals surface area contributed by atoms with Crippen molar-refractivity contribution in [2.24, 2.45) is 5.92 Å². The molecule has 2 aromatic rings. The molecular weight excluding hydrogens is 534 g/mol. The molecule has 0 aromatic heterocycles. The molecule has 0 saturated carbocycles. The van der Waals surface area contributed by atoms with E-state index < -0.39 is 16.8 Å². The highest BCUT2D eigenvalue weighted by Gasteiger charge is 2.37. The molecule has 4 rings (SSSR count). The number of likely N-dealkylation sites (tertiary alicyclic amines) is 1. The number of piperidine rings is 1. The average molecular weight is 572 g/mol. The number of nitrogens with one attached hydrogen (secondary N) is 2. The van der Waals surface area contributed by atoms with Crippen molar-refractivity contribution >= 4 is 17.6 Å². The fourth-order valence-electron chi connectivity index (χ4n) is 6.02. The van der Waals surface area contributed by atoms with Crippen molar-refractivity contribution in [2.45, 2.75) is 44.9 Å². The molecule has 2 N–H and O–H groups in total. The van der Waals surface area contributed by atoms with Gasteiger partial charge < -0.3 is 20.3 Å². The number of nitrogens with zero attached hydrogens (tertiary/aromatic N) is 3. The normalized spacial score (nSPS) is 18.6. The van der Waals surface area contributed by atoms with E-state index in [0.29, 0.717) is 35.0 Å². The second-order valence-electron chi connectivity index (χ2n) is 10.8. The summed E-state index contributed by atoms with van der Waals surface area (Å²) in [4.78, 5) is 39.4. The van der Waals surface area contributed by atoms with Crippen LogP contribution in [0.3, 0.4) is 0 Å². The molecule has 0 spiro atoms. The monoisotopic (exact) mass is 571 g/mol. The Hall–Kier alpha value is -4.49. The van der Waals surface area contributed by atoms with E-state index in [0.717, 1.165) is 44.5 Å². The molecule has 10 nitrogen and oxygen atoms in total. The van der Waals surface area contributed by atoms with Gasteiger partial charge in [-0.15, -0.1) is 0 Å². The number of carbonyl (C=O) groups excluding carboxylic acids is 2.